The highest BCUT2D eigenvalue weighted by Crippen LogP contribution is 2.17. The van der Waals surface area contributed by atoms with Crippen LogP contribution >= 0.6 is 0 Å². The summed E-state index contributed by atoms with van der Waals surface area (Å²) in [5.74, 6) is 1.09. The van der Waals surface area contributed by atoms with Gasteiger partial charge < -0.3 is 14.6 Å². The van der Waals surface area contributed by atoms with Crippen molar-refractivity contribution in [3.05, 3.63) is 89.5 Å². The van der Waals surface area contributed by atoms with E-state index in [0.717, 1.165) is 16.9 Å². The third kappa shape index (κ3) is 5.35. The highest BCUT2D eigenvalue weighted by molar-refractivity contribution is 5.95. The molecule has 0 heterocycles. The Morgan fingerprint density at radius 3 is 2.64 bits per heavy atom. The fourth-order valence-corrected chi connectivity index (χ4v) is 2.49. The summed E-state index contributed by atoms with van der Waals surface area (Å²) in [4.78, 5) is 12.0. The van der Waals surface area contributed by atoms with Crippen LogP contribution < -0.4 is 14.9 Å². The van der Waals surface area contributed by atoms with Gasteiger partial charge in [-0.05, 0) is 53.6 Å². The molecular weight excluding hydrogens is 356 g/mol. The fourth-order valence-electron chi connectivity index (χ4n) is 2.49. The van der Waals surface area contributed by atoms with E-state index in [1.807, 2.05) is 48.5 Å². The van der Waals surface area contributed by atoms with E-state index >= 15 is 0 Å². The van der Waals surface area contributed by atoms with Crippen LogP contribution in [0.3, 0.4) is 0 Å². The van der Waals surface area contributed by atoms with Gasteiger partial charge in [-0.1, -0.05) is 30.3 Å². The van der Waals surface area contributed by atoms with Crippen molar-refractivity contribution in [3.8, 4) is 17.2 Å². The first-order valence-electron chi connectivity index (χ1n) is 8.62. The minimum Gasteiger partial charge on any atom is -0.508 e. The van der Waals surface area contributed by atoms with Crippen LogP contribution in [0.25, 0.3) is 0 Å². The first kappa shape index (κ1) is 19.0. The SMILES string of the molecule is COc1cccc(COc2cccc(/C=N/NC(=O)c3cccc(O)c3)c2)c1. The fraction of sp³-hybridized carbons (Fsp3) is 0.0909. The number of phenols is 1. The molecule has 0 bridgehead atoms. The third-order valence-corrected chi connectivity index (χ3v) is 3.89. The molecule has 0 aliphatic carbocycles. The van der Waals surface area contributed by atoms with Crippen LogP contribution in [0.1, 0.15) is 21.5 Å². The average molecular weight is 376 g/mol. The molecular formula is C22H20N2O4. The summed E-state index contributed by atoms with van der Waals surface area (Å²) in [6.07, 6.45) is 1.53. The lowest BCUT2D eigenvalue weighted by Gasteiger charge is -2.08. The minimum atomic E-state index is -0.405. The van der Waals surface area contributed by atoms with Crippen molar-refractivity contribution in [1.29, 1.82) is 0 Å². The maximum absolute atomic E-state index is 12.0. The summed E-state index contributed by atoms with van der Waals surface area (Å²) < 4.78 is 11.0. The summed E-state index contributed by atoms with van der Waals surface area (Å²) in [5, 5.41) is 13.4. The molecule has 0 spiro atoms. The van der Waals surface area contributed by atoms with Crippen LogP contribution in [-0.4, -0.2) is 24.3 Å². The maximum atomic E-state index is 12.0. The summed E-state index contributed by atoms with van der Waals surface area (Å²) >= 11 is 0. The quantitative estimate of drug-likeness (QED) is 0.486. The van der Waals surface area contributed by atoms with Gasteiger partial charge in [-0.25, -0.2) is 5.43 Å². The van der Waals surface area contributed by atoms with Crippen LogP contribution in [-0.2, 0) is 6.61 Å². The molecule has 0 aromatic heterocycles. The van der Waals surface area contributed by atoms with Crippen molar-refractivity contribution in [2.75, 3.05) is 7.11 Å². The number of amides is 1. The van der Waals surface area contributed by atoms with E-state index in [0.29, 0.717) is 17.9 Å². The number of benzene rings is 3. The Hall–Kier alpha value is -3.80. The van der Waals surface area contributed by atoms with Gasteiger partial charge in [0.2, 0.25) is 0 Å². The third-order valence-electron chi connectivity index (χ3n) is 3.89. The zero-order valence-electron chi connectivity index (χ0n) is 15.3. The number of hydrogen-bond donors (Lipinski definition) is 2. The Balaban J connectivity index is 1.58. The lowest BCUT2D eigenvalue weighted by molar-refractivity contribution is 0.0954. The van der Waals surface area contributed by atoms with E-state index in [4.69, 9.17) is 9.47 Å². The first-order valence-corrected chi connectivity index (χ1v) is 8.62. The Morgan fingerprint density at radius 2 is 1.82 bits per heavy atom. The van der Waals surface area contributed by atoms with Crippen molar-refractivity contribution in [2.24, 2.45) is 5.10 Å². The Bertz CT molecular complexity index is 986. The van der Waals surface area contributed by atoms with Crippen molar-refractivity contribution >= 4 is 12.1 Å². The molecule has 0 aliphatic rings. The second-order valence-electron chi connectivity index (χ2n) is 5.96. The number of carbonyl (C=O) groups is 1. The summed E-state index contributed by atoms with van der Waals surface area (Å²) in [6, 6.07) is 21.1. The number of hydrogen-bond acceptors (Lipinski definition) is 5. The molecule has 142 valence electrons. The number of hydrazone groups is 1. The van der Waals surface area contributed by atoms with E-state index in [1.54, 1.807) is 19.2 Å². The molecule has 6 nitrogen and oxygen atoms in total. The van der Waals surface area contributed by atoms with Gasteiger partial charge in [-0.15, -0.1) is 0 Å². The van der Waals surface area contributed by atoms with Gasteiger partial charge in [-0.2, -0.15) is 5.10 Å². The molecule has 2 N–H and O–H groups in total. The average Bonchev–Trinajstić information content (AvgIpc) is 2.72. The Morgan fingerprint density at radius 1 is 1.04 bits per heavy atom. The van der Waals surface area contributed by atoms with Crippen LogP contribution in [0.4, 0.5) is 0 Å². The highest BCUT2D eigenvalue weighted by atomic mass is 16.5. The van der Waals surface area contributed by atoms with Crippen LogP contribution in [0.2, 0.25) is 0 Å². The first-order chi connectivity index (χ1) is 13.6. The molecule has 0 unspecified atom stereocenters. The molecule has 6 heteroatoms. The number of aromatic hydroxyl groups is 1. The van der Waals surface area contributed by atoms with Gasteiger partial charge >= 0.3 is 0 Å². The number of carbonyl (C=O) groups excluding carboxylic acids is 1. The van der Waals surface area contributed by atoms with Crippen molar-refractivity contribution in [2.45, 2.75) is 6.61 Å². The van der Waals surface area contributed by atoms with Gasteiger partial charge in [0.05, 0.1) is 13.3 Å². The molecule has 1 amide bonds. The van der Waals surface area contributed by atoms with E-state index in [-0.39, 0.29) is 5.75 Å². The van der Waals surface area contributed by atoms with Crippen LogP contribution in [0.5, 0.6) is 17.2 Å². The molecule has 0 radical (unpaired) electrons. The number of ether oxygens (including phenoxy) is 2. The predicted molar refractivity (Wildman–Crippen MR) is 107 cm³/mol. The van der Waals surface area contributed by atoms with E-state index < -0.39 is 5.91 Å². The molecule has 0 aliphatic heterocycles. The molecule has 3 aromatic carbocycles. The standard InChI is InChI=1S/C22H20N2O4/c1-27-20-9-3-6-17(12-20)15-28-21-10-2-5-16(11-21)14-23-24-22(26)18-7-4-8-19(25)13-18/h2-14,25H,15H2,1H3,(H,24,26)/b23-14+. The molecule has 3 aromatic rings. The second-order valence-corrected chi connectivity index (χ2v) is 5.96. The summed E-state index contributed by atoms with van der Waals surface area (Å²) in [6.45, 7) is 0.409. The smallest absolute Gasteiger partial charge is 0.271 e. The summed E-state index contributed by atoms with van der Waals surface area (Å²) in [7, 11) is 1.63. The maximum Gasteiger partial charge on any atom is 0.271 e. The topological polar surface area (TPSA) is 80.2 Å². The molecule has 0 saturated carbocycles. The molecule has 0 fully saturated rings. The Labute approximate surface area is 163 Å². The minimum absolute atomic E-state index is 0.0255. The zero-order chi connectivity index (χ0) is 19.8. The lowest BCUT2D eigenvalue weighted by atomic mass is 10.2. The van der Waals surface area contributed by atoms with Gasteiger partial charge in [0.25, 0.3) is 5.91 Å². The molecule has 0 atom stereocenters. The van der Waals surface area contributed by atoms with Crippen molar-refractivity contribution in [1.82, 2.24) is 5.43 Å². The zero-order valence-corrected chi connectivity index (χ0v) is 15.3. The second kappa shape index (κ2) is 9.23. The van der Waals surface area contributed by atoms with Gasteiger partial charge in [-0.3, -0.25) is 4.79 Å². The van der Waals surface area contributed by atoms with E-state index in [1.165, 1.54) is 18.3 Å². The molecule has 28 heavy (non-hydrogen) atoms. The summed E-state index contributed by atoms with van der Waals surface area (Å²) in [5.41, 5.74) is 4.53. The molecule has 0 saturated heterocycles. The van der Waals surface area contributed by atoms with Gasteiger partial charge in [0.1, 0.15) is 23.9 Å². The molecule has 3 rings (SSSR count). The highest BCUT2D eigenvalue weighted by Gasteiger charge is 2.04. The van der Waals surface area contributed by atoms with Gasteiger partial charge in [0.15, 0.2) is 0 Å². The number of methoxy groups -OCH3 is 1. The number of phenolic OH excluding ortho intramolecular Hbond substituents is 1. The van der Waals surface area contributed by atoms with E-state index in [2.05, 4.69) is 10.5 Å². The van der Waals surface area contributed by atoms with Crippen molar-refractivity contribution in [3.63, 3.8) is 0 Å². The van der Waals surface area contributed by atoms with Gasteiger partial charge in [0, 0.05) is 5.56 Å². The van der Waals surface area contributed by atoms with E-state index in [9.17, 15) is 9.90 Å². The monoisotopic (exact) mass is 376 g/mol. The lowest BCUT2D eigenvalue weighted by Crippen LogP contribution is -2.17. The number of nitrogens with zero attached hydrogens (tertiary/aromatic N) is 1. The van der Waals surface area contributed by atoms with Crippen molar-refractivity contribution < 1.29 is 19.4 Å². The Kier molecular flexibility index (Phi) is 6.25. The normalized spacial score (nSPS) is 10.6. The van der Waals surface area contributed by atoms with Crippen LogP contribution in [0, 0.1) is 0 Å². The predicted octanol–water partition coefficient (Wildman–Crippen LogP) is 3.74. The number of rotatable bonds is 7. The largest absolute Gasteiger partial charge is 0.508 e. The van der Waals surface area contributed by atoms with Crippen LogP contribution in [0.15, 0.2) is 77.9 Å². The number of nitrogens with one attached hydrogen (secondary N) is 1.